The fourth-order valence-electron chi connectivity index (χ4n) is 1.67. The van der Waals surface area contributed by atoms with Gasteiger partial charge in [-0.2, -0.15) is 0 Å². The van der Waals surface area contributed by atoms with Crippen LogP contribution in [-0.4, -0.2) is 9.57 Å². The molecule has 0 aromatic carbocycles. The van der Waals surface area contributed by atoms with Crippen LogP contribution in [0.2, 0.25) is 0 Å². The van der Waals surface area contributed by atoms with Gasteiger partial charge in [0.15, 0.2) is 0 Å². The van der Waals surface area contributed by atoms with Crippen LogP contribution in [0.25, 0.3) is 0 Å². The van der Waals surface area contributed by atoms with E-state index in [-0.39, 0.29) is 17.1 Å². The van der Waals surface area contributed by atoms with Gasteiger partial charge in [0.05, 0.1) is 0 Å². The summed E-state index contributed by atoms with van der Waals surface area (Å²) in [5, 5.41) is 0.667. The first kappa shape index (κ1) is 19.1. The Labute approximate surface area is 121 Å². The number of nitrogens with two attached hydrogens (primary N) is 1. The largest absolute Gasteiger partial charge is 0.385 e. The average molecular weight is 311 g/mol. The molecule has 0 aliphatic heterocycles. The Bertz CT molecular complexity index is 155. The molecule has 0 aliphatic carbocycles. The van der Waals surface area contributed by atoms with Gasteiger partial charge < -0.3 is 5.73 Å². The standard InChI is InChI=1S/C12H25NS2.Cu/c1-3-5-7-9-11(15-12(13)14)10-8-6-4-2;/h11H,3-10H2,1-2H3,(H2,13,14);. The minimum Gasteiger partial charge on any atom is -0.385 e. The third-order valence-corrected chi connectivity index (χ3v) is 3.87. The number of thioether (sulfide) groups is 1. The van der Waals surface area contributed by atoms with E-state index < -0.39 is 0 Å². The molecule has 4 heteroatoms. The van der Waals surface area contributed by atoms with Crippen LogP contribution in [0, 0.1) is 0 Å². The summed E-state index contributed by atoms with van der Waals surface area (Å²) in [5.41, 5.74) is 5.60. The smallest absolute Gasteiger partial charge is 0.131 e. The third-order valence-electron chi connectivity index (χ3n) is 2.54. The molecular weight excluding hydrogens is 286 g/mol. The molecule has 1 nitrogen and oxygen atoms in total. The van der Waals surface area contributed by atoms with Crippen molar-refractivity contribution in [1.82, 2.24) is 0 Å². The Hall–Kier alpha value is 0.759. The summed E-state index contributed by atoms with van der Waals surface area (Å²) in [6.45, 7) is 4.49. The molecule has 0 bridgehead atoms. The van der Waals surface area contributed by atoms with Gasteiger partial charge in [0.2, 0.25) is 0 Å². The van der Waals surface area contributed by atoms with Crippen LogP contribution in [0.3, 0.4) is 0 Å². The van der Waals surface area contributed by atoms with E-state index >= 15 is 0 Å². The predicted molar refractivity (Wildman–Crippen MR) is 76.4 cm³/mol. The van der Waals surface area contributed by atoms with Gasteiger partial charge in [0, 0.05) is 22.3 Å². The van der Waals surface area contributed by atoms with Crippen molar-refractivity contribution in [1.29, 1.82) is 0 Å². The molecule has 101 valence electrons. The van der Waals surface area contributed by atoms with Gasteiger partial charge in [0.25, 0.3) is 0 Å². The first-order chi connectivity index (χ1) is 7.20. The number of rotatable bonds is 9. The van der Waals surface area contributed by atoms with E-state index in [0.29, 0.717) is 9.57 Å². The summed E-state index contributed by atoms with van der Waals surface area (Å²) < 4.78 is 0.619. The van der Waals surface area contributed by atoms with E-state index in [1.807, 2.05) is 0 Å². The van der Waals surface area contributed by atoms with Crippen molar-refractivity contribution < 1.29 is 17.1 Å². The van der Waals surface area contributed by atoms with Gasteiger partial charge in [0.1, 0.15) is 4.32 Å². The van der Waals surface area contributed by atoms with Gasteiger partial charge in [-0.1, -0.05) is 76.4 Å². The van der Waals surface area contributed by atoms with Gasteiger partial charge in [-0.05, 0) is 12.8 Å². The number of thiocarbonyl (C=S) groups is 1. The third kappa shape index (κ3) is 12.8. The monoisotopic (exact) mass is 310 g/mol. The fraction of sp³-hybridized carbons (Fsp3) is 0.917. The molecule has 0 aliphatic rings. The second kappa shape index (κ2) is 13.8. The zero-order chi connectivity index (χ0) is 11.5. The van der Waals surface area contributed by atoms with Gasteiger partial charge in [-0.25, -0.2) is 0 Å². The first-order valence-electron chi connectivity index (χ1n) is 6.16. The zero-order valence-corrected chi connectivity index (χ0v) is 13.0. The quantitative estimate of drug-likeness (QED) is 0.386. The van der Waals surface area contributed by atoms with Crippen molar-refractivity contribution in [3.8, 4) is 0 Å². The van der Waals surface area contributed by atoms with Crippen LogP contribution in [0.1, 0.15) is 65.2 Å². The first-order valence-corrected chi connectivity index (χ1v) is 7.45. The van der Waals surface area contributed by atoms with Crippen molar-refractivity contribution >= 4 is 28.3 Å². The second-order valence-electron chi connectivity index (χ2n) is 4.05. The molecule has 0 saturated heterocycles. The molecule has 0 fully saturated rings. The van der Waals surface area contributed by atoms with E-state index in [4.69, 9.17) is 18.0 Å². The van der Waals surface area contributed by atoms with Gasteiger partial charge in [-0.15, -0.1) is 0 Å². The Morgan fingerprint density at radius 3 is 1.81 bits per heavy atom. The summed E-state index contributed by atoms with van der Waals surface area (Å²) in [4.78, 5) is 0. The van der Waals surface area contributed by atoms with Crippen molar-refractivity contribution in [2.45, 2.75) is 70.5 Å². The fourth-order valence-corrected chi connectivity index (χ4v) is 2.98. The van der Waals surface area contributed by atoms with Gasteiger partial charge >= 0.3 is 0 Å². The molecule has 0 aromatic rings. The van der Waals surface area contributed by atoms with Crippen LogP contribution in [0.4, 0.5) is 0 Å². The maximum absolute atomic E-state index is 5.60. The minimum absolute atomic E-state index is 0. The average Bonchev–Trinajstić information content (AvgIpc) is 2.17. The number of unbranched alkanes of at least 4 members (excludes halogenated alkanes) is 4. The SMILES string of the molecule is CCCCCC(CCCCC)SC(N)=S.[Cu]. The molecule has 16 heavy (non-hydrogen) atoms. The van der Waals surface area contributed by atoms with Crippen LogP contribution in [0.15, 0.2) is 0 Å². The molecule has 1 radical (unpaired) electrons. The summed E-state index contributed by atoms with van der Waals surface area (Å²) in [7, 11) is 0. The van der Waals surface area contributed by atoms with E-state index in [1.165, 1.54) is 51.4 Å². The molecule has 0 aromatic heterocycles. The summed E-state index contributed by atoms with van der Waals surface area (Å²) in [6, 6.07) is 0. The van der Waals surface area contributed by atoms with Crippen molar-refractivity contribution in [3.05, 3.63) is 0 Å². The Balaban J connectivity index is 0. The zero-order valence-electron chi connectivity index (χ0n) is 10.4. The van der Waals surface area contributed by atoms with Crippen LogP contribution in [0.5, 0.6) is 0 Å². The molecule has 2 N–H and O–H groups in total. The Morgan fingerprint density at radius 1 is 1.06 bits per heavy atom. The molecule has 0 saturated carbocycles. The van der Waals surface area contributed by atoms with Crippen LogP contribution in [-0.2, 0) is 17.1 Å². The van der Waals surface area contributed by atoms with Crippen molar-refractivity contribution in [3.63, 3.8) is 0 Å². The van der Waals surface area contributed by atoms with E-state index in [2.05, 4.69) is 13.8 Å². The van der Waals surface area contributed by atoms with Crippen molar-refractivity contribution in [2.24, 2.45) is 5.73 Å². The van der Waals surface area contributed by atoms with Crippen LogP contribution >= 0.6 is 24.0 Å². The predicted octanol–water partition coefficient (Wildman–Crippen LogP) is 4.49. The van der Waals surface area contributed by atoms with E-state index in [0.717, 1.165) is 0 Å². The summed E-state index contributed by atoms with van der Waals surface area (Å²) in [6.07, 6.45) is 10.5. The molecule has 0 atom stereocenters. The van der Waals surface area contributed by atoms with Crippen LogP contribution < -0.4 is 5.73 Å². The maximum Gasteiger partial charge on any atom is 0.131 e. The second-order valence-corrected chi connectivity index (χ2v) is 6.09. The van der Waals surface area contributed by atoms with E-state index in [9.17, 15) is 0 Å². The Kier molecular flexibility index (Phi) is 16.5. The number of hydrogen-bond donors (Lipinski definition) is 1. The topological polar surface area (TPSA) is 26.0 Å². The normalized spacial score (nSPS) is 10.2. The van der Waals surface area contributed by atoms with Crippen molar-refractivity contribution in [2.75, 3.05) is 0 Å². The molecular formula is C12H25CuNS2. The summed E-state index contributed by atoms with van der Waals surface area (Å²) in [5.74, 6) is 0. The molecule has 0 spiro atoms. The minimum atomic E-state index is 0. The maximum atomic E-state index is 5.60. The molecule has 0 unspecified atom stereocenters. The Morgan fingerprint density at radius 2 is 1.50 bits per heavy atom. The van der Waals surface area contributed by atoms with E-state index in [1.54, 1.807) is 11.8 Å². The molecule has 0 amide bonds. The number of hydrogen-bond acceptors (Lipinski definition) is 2. The molecule has 0 heterocycles. The molecule has 0 rings (SSSR count). The summed E-state index contributed by atoms with van der Waals surface area (Å²) >= 11 is 6.68. The van der Waals surface area contributed by atoms with Gasteiger partial charge in [-0.3, -0.25) is 0 Å².